The molecule has 0 bridgehead atoms. The normalized spacial score (nSPS) is 12.7. The van der Waals surface area contributed by atoms with Crippen LogP contribution in [0, 0.1) is 0 Å². The van der Waals surface area contributed by atoms with Crippen molar-refractivity contribution in [3.05, 3.63) is 50.1 Å². The van der Waals surface area contributed by atoms with Gasteiger partial charge in [0.15, 0.2) is 0 Å². The minimum absolute atomic E-state index is 0.131. The van der Waals surface area contributed by atoms with Crippen molar-refractivity contribution in [2.24, 2.45) is 0 Å². The molecule has 2 aromatic rings. The Labute approximate surface area is 134 Å². The summed E-state index contributed by atoms with van der Waals surface area (Å²) in [6, 6.07) is 10.5. The molecule has 108 valence electrons. The van der Waals surface area contributed by atoms with Gasteiger partial charge in [0.2, 0.25) is 0 Å². The van der Waals surface area contributed by atoms with Crippen LogP contribution in [0.2, 0.25) is 8.67 Å². The molecular weight excluding hydrogens is 311 g/mol. The predicted molar refractivity (Wildman–Crippen MR) is 90.2 cm³/mol. The quantitative estimate of drug-likeness (QED) is 0.802. The predicted octanol–water partition coefficient (Wildman–Crippen LogP) is 5.29. The fourth-order valence-corrected chi connectivity index (χ4v) is 3.69. The van der Waals surface area contributed by atoms with Crippen LogP contribution in [-0.4, -0.2) is 19.0 Å². The highest BCUT2D eigenvalue weighted by molar-refractivity contribution is 7.20. The average Bonchev–Trinajstić information content (AvgIpc) is 2.70. The molecule has 0 fully saturated rings. The molecule has 1 aromatic carbocycles. The summed E-state index contributed by atoms with van der Waals surface area (Å²) in [4.78, 5) is 2.15. The van der Waals surface area contributed by atoms with E-state index in [4.69, 9.17) is 23.2 Å². The highest BCUT2D eigenvalue weighted by Crippen LogP contribution is 2.36. The molecule has 1 N–H and O–H groups in total. The molecule has 1 unspecified atom stereocenters. The van der Waals surface area contributed by atoms with Gasteiger partial charge in [-0.1, -0.05) is 35.3 Å². The van der Waals surface area contributed by atoms with Crippen LogP contribution in [0.15, 0.2) is 30.3 Å². The van der Waals surface area contributed by atoms with Crippen molar-refractivity contribution in [3.63, 3.8) is 0 Å². The third-order valence-corrected chi connectivity index (χ3v) is 4.50. The Morgan fingerprint density at radius 3 is 2.35 bits per heavy atom. The monoisotopic (exact) mass is 328 g/mol. The molecule has 0 radical (unpaired) electrons. The first kappa shape index (κ1) is 15.6. The summed E-state index contributed by atoms with van der Waals surface area (Å²) < 4.78 is 1.47. The minimum atomic E-state index is 0.131. The second kappa shape index (κ2) is 6.81. The first-order valence-electron chi connectivity index (χ1n) is 6.40. The molecule has 0 aliphatic rings. The molecule has 0 spiro atoms. The molecule has 1 aromatic heterocycles. The SMILES string of the molecule is CC(Nc1ccc(CN(C)C)cc1)c1cc(Cl)sc1Cl. The highest BCUT2D eigenvalue weighted by Gasteiger charge is 2.13. The van der Waals surface area contributed by atoms with E-state index in [9.17, 15) is 0 Å². The summed E-state index contributed by atoms with van der Waals surface area (Å²) in [5, 5.41) is 3.44. The Morgan fingerprint density at radius 2 is 1.85 bits per heavy atom. The number of hydrogen-bond donors (Lipinski definition) is 1. The number of nitrogens with zero attached hydrogens (tertiary/aromatic N) is 1. The van der Waals surface area contributed by atoms with E-state index >= 15 is 0 Å². The lowest BCUT2D eigenvalue weighted by atomic mass is 10.1. The van der Waals surface area contributed by atoms with E-state index in [0.29, 0.717) is 0 Å². The standard InChI is InChI=1S/C15H18Cl2N2S/c1-10(13-8-14(16)20-15(13)17)18-12-6-4-11(5-7-12)9-19(2)3/h4-8,10,18H,9H2,1-3H3. The fraction of sp³-hybridized carbons (Fsp3) is 0.333. The lowest BCUT2D eigenvalue weighted by molar-refractivity contribution is 0.402. The molecule has 0 amide bonds. The zero-order chi connectivity index (χ0) is 14.7. The number of hydrogen-bond acceptors (Lipinski definition) is 3. The number of rotatable bonds is 5. The Balaban J connectivity index is 2.04. The van der Waals surface area contributed by atoms with Crippen LogP contribution in [0.3, 0.4) is 0 Å². The molecule has 0 saturated carbocycles. The van der Waals surface area contributed by atoms with Gasteiger partial charge in [-0.2, -0.15) is 0 Å². The topological polar surface area (TPSA) is 15.3 Å². The van der Waals surface area contributed by atoms with Crippen molar-refractivity contribution in [1.82, 2.24) is 4.90 Å². The summed E-state index contributed by atoms with van der Waals surface area (Å²) in [6.07, 6.45) is 0. The molecule has 20 heavy (non-hydrogen) atoms. The van der Waals surface area contributed by atoms with Gasteiger partial charge in [-0.05, 0) is 44.8 Å². The molecule has 0 aliphatic heterocycles. The maximum absolute atomic E-state index is 6.18. The lowest BCUT2D eigenvalue weighted by Crippen LogP contribution is -2.10. The van der Waals surface area contributed by atoms with E-state index in [-0.39, 0.29) is 6.04 Å². The maximum atomic E-state index is 6.18. The van der Waals surface area contributed by atoms with Crippen LogP contribution in [0.5, 0.6) is 0 Å². The van der Waals surface area contributed by atoms with Crippen LogP contribution < -0.4 is 5.32 Å². The molecule has 5 heteroatoms. The zero-order valence-corrected chi connectivity index (χ0v) is 14.1. The summed E-state index contributed by atoms with van der Waals surface area (Å²) in [6.45, 7) is 3.03. The van der Waals surface area contributed by atoms with Crippen LogP contribution in [0.1, 0.15) is 24.1 Å². The molecular formula is C15H18Cl2N2S. The van der Waals surface area contributed by atoms with Gasteiger partial charge < -0.3 is 10.2 Å². The van der Waals surface area contributed by atoms with E-state index in [1.165, 1.54) is 16.9 Å². The Kier molecular flexibility index (Phi) is 5.33. The summed E-state index contributed by atoms with van der Waals surface area (Å²) in [5.41, 5.74) is 3.42. The summed E-state index contributed by atoms with van der Waals surface area (Å²) in [5.74, 6) is 0. The van der Waals surface area contributed by atoms with E-state index in [1.807, 2.05) is 6.07 Å². The number of anilines is 1. The van der Waals surface area contributed by atoms with Gasteiger partial charge in [0.25, 0.3) is 0 Å². The van der Waals surface area contributed by atoms with Gasteiger partial charge >= 0.3 is 0 Å². The van der Waals surface area contributed by atoms with E-state index < -0.39 is 0 Å². The van der Waals surface area contributed by atoms with Crippen molar-refractivity contribution >= 4 is 40.2 Å². The van der Waals surface area contributed by atoms with Gasteiger partial charge in [0, 0.05) is 17.8 Å². The molecule has 0 aliphatic carbocycles. The summed E-state index contributed by atoms with van der Waals surface area (Å²) in [7, 11) is 4.13. The van der Waals surface area contributed by atoms with Crippen LogP contribution in [0.4, 0.5) is 5.69 Å². The third-order valence-electron chi connectivity index (χ3n) is 2.99. The first-order valence-corrected chi connectivity index (χ1v) is 7.98. The van der Waals surface area contributed by atoms with Gasteiger partial charge in [-0.15, -0.1) is 11.3 Å². The second-order valence-electron chi connectivity index (χ2n) is 5.08. The number of thiophene rings is 1. The minimum Gasteiger partial charge on any atom is -0.378 e. The van der Waals surface area contributed by atoms with Gasteiger partial charge in [-0.3, -0.25) is 0 Å². The van der Waals surface area contributed by atoms with Crippen LogP contribution in [-0.2, 0) is 6.54 Å². The Morgan fingerprint density at radius 1 is 1.20 bits per heavy atom. The average molecular weight is 329 g/mol. The molecule has 1 atom stereocenters. The largest absolute Gasteiger partial charge is 0.378 e. The fourth-order valence-electron chi connectivity index (χ4n) is 2.05. The van der Waals surface area contributed by atoms with E-state index in [1.54, 1.807) is 0 Å². The van der Waals surface area contributed by atoms with Gasteiger partial charge in [0.1, 0.15) is 0 Å². The third kappa shape index (κ3) is 4.13. The molecule has 1 heterocycles. The van der Waals surface area contributed by atoms with Crippen LogP contribution in [0.25, 0.3) is 0 Å². The van der Waals surface area contributed by atoms with Crippen molar-refractivity contribution in [3.8, 4) is 0 Å². The summed E-state index contributed by atoms with van der Waals surface area (Å²) >= 11 is 13.6. The van der Waals surface area contributed by atoms with Crippen molar-refractivity contribution < 1.29 is 0 Å². The number of halogens is 2. The molecule has 2 nitrogen and oxygen atoms in total. The van der Waals surface area contributed by atoms with Crippen LogP contribution >= 0.6 is 34.5 Å². The Hall–Kier alpha value is -0.740. The van der Waals surface area contributed by atoms with Crippen molar-refractivity contribution in [2.45, 2.75) is 19.5 Å². The smallest absolute Gasteiger partial charge is 0.0996 e. The van der Waals surface area contributed by atoms with E-state index in [0.717, 1.165) is 26.5 Å². The van der Waals surface area contributed by atoms with Crippen molar-refractivity contribution in [1.29, 1.82) is 0 Å². The number of nitrogens with one attached hydrogen (secondary N) is 1. The zero-order valence-electron chi connectivity index (χ0n) is 11.8. The maximum Gasteiger partial charge on any atom is 0.0996 e. The second-order valence-corrected chi connectivity index (χ2v) is 7.37. The van der Waals surface area contributed by atoms with Gasteiger partial charge in [0.05, 0.1) is 14.7 Å². The molecule has 2 rings (SSSR count). The Bertz CT molecular complexity index is 564. The van der Waals surface area contributed by atoms with Gasteiger partial charge in [-0.25, -0.2) is 0 Å². The van der Waals surface area contributed by atoms with Crippen molar-refractivity contribution in [2.75, 3.05) is 19.4 Å². The number of benzene rings is 1. The highest BCUT2D eigenvalue weighted by atomic mass is 35.5. The molecule has 0 saturated heterocycles. The lowest BCUT2D eigenvalue weighted by Gasteiger charge is -2.16. The first-order chi connectivity index (χ1) is 9.45. The van der Waals surface area contributed by atoms with E-state index in [2.05, 4.69) is 55.5 Å².